The van der Waals surface area contributed by atoms with Crippen LogP contribution in [-0.4, -0.2) is 36.5 Å². The minimum absolute atomic E-state index is 0.353. The van der Waals surface area contributed by atoms with Gasteiger partial charge in [-0.3, -0.25) is 4.79 Å². The van der Waals surface area contributed by atoms with Gasteiger partial charge in [0, 0.05) is 25.6 Å². The summed E-state index contributed by atoms with van der Waals surface area (Å²) < 4.78 is 0. The van der Waals surface area contributed by atoms with E-state index < -0.39 is 0 Å². The molecule has 0 aromatic carbocycles. The predicted molar refractivity (Wildman–Crippen MR) is 72.0 cm³/mol. The van der Waals surface area contributed by atoms with Crippen LogP contribution in [0.5, 0.6) is 0 Å². The van der Waals surface area contributed by atoms with Crippen LogP contribution in [0.15, 0.2) is 0 Å². The van der Waals surface area contributed by atoms with Crippen LogP contribution in [0.25, 0.3) is 0 Å². The van der Waals surface area contributed by atoms with Gasteiger partial charge in [-0.25, -0.2) is 0 Å². The molecule has 0 radical (unpaired) electrons. The maximum Gasteiger partial charge on any atom is 0.222 e. The van der Waals surface area contributed by atoms with E-state index in [9.17, 15) is 4.79 Å². The number of nitrogens with zero attached hydrogens (tertiary/aromatic N) is 1. The minimum atomic E-state index is 0.353. The summed E-state index contributed by atoms with van der Waals surface area (Å²) in [5.74, 6) is 1.11. The first-order valence-electron chi connectivity index (χ1n) is 7.18. The first kappa shape index (κ1) is 14.5. The summed E-state index contributed by atoms with van der Waals surface area (Å²) in [6.45, 7) is 9.44. The van der Waals surface area contributed by atoms with Crippen molar-refractivity contribution in [1.82, 2.24) is 10.2 Å². The Morgan fingerprint density at radius 3 is 2.82 bits per heavy atom. The quantitative estimate of drug-likeness (QED) is 0.773. The zero-order valence-electron chi connectivity index (χ0n) is 11.7. The maximum atomic E-state index is 12.0. The molecular weight excluding hydrogens is 212 g/mol. The van der Waals surface area contributed by atoms with Crippen LogP contribution in [0.1, 0.15) is 52.9 Å². The molecule has 17 heavy (non-hydrogen) atoms. The van der Waals surface area contributed by atoms with Gasteiger partial charge in [0.15, 0.2) is 0 Å². The number of rotatable bonds is 6. The van der Waals surface area contributed by atoms with E-state index in [1.807, 2.05) is 0 Å². The van der Waals surface area contributed by atoms with Crippen molar-refractivity contribution >= 4 is 5.91 Å². The molecule has 1 aliphatic heterocycles. The Bertz CT molecular complexity index is 230. The number of hydrogen-bond donors (Lipinski definition) is 1. The SMILES string of the molecule is CCCNC(C)CN1CCC(CC)CCC1=O. The van der Waals surface area contributed by atoms with E-state index in [2.05, 4.69) is 31.0 Å². The molecule has 0 aliphatic carbocycles. The van der Waals surface area contributed by atoms with E-state index in [-0.39, 0.29) is 0 Å². The minimum Gasteiger partial charge on any atom is -0.341 e. The second kappa shape index (κ2) is 7.70. The van der Waals surface area contributed by atoms with Gasteiger partial charge in [0.1, 0.15) is 0 Å². The molecule has 0 aromatic rings. The summed E-state index contributed by atoms with van der Waals surface area (Å²) in [6.07, 6.45) is 5.38. The lowest BCUT2D eigenvalue weighted by atomic mass is 9.98. The Morgan fingerprint density at radius 2 is 2.18 bits per heavy atom. The van der Waals surface area contributed by atoms with Crippen molar-refractivity contribution in [2.24, 2.45) is 5.92 Å². The second-order valence-electron chi connectivity index (χ2n) is 5.30. The van der Waals surface area contributed by atoms with Gasteiger partial charge in [-0.1, -0.05) is 20.3 Å². The molecule has 0 saturated carbocycles. The molecule has 1 N–H and O–H groups in total. The van der Waals surface area contributed by atoms with Gasteiger partial charge in [-0.2, -0.15) is 0 Å². The standard InChI is InChI=1S/C14H28N2O/c1-4-9-15-12(3)11-16-10-8-13(5-2)6-7-14(16)17/h12-13,15H,4-11H2,1-3H3. The Kier molecular flexibility index (Phi) is 6.56. The molecule has 2 atom stereocenters. The Hall–Kier alpha value is -0.570. The number of likely N-dealkylation sites (tertiary alicyclic amines) is 1. The Labute approximate surface area is 106 Å². The summed E-state index contributed by atoms with van der Waals surface area (Å²) in [5, 5.41) is 3.45. The van der Waals surface area contributed by atoms with Crippen LogP contribution in [0.2, 0.25) is 0 Å². The monoisotopic (exact) mass is 240 g/mol. The zero-order valence-corrected chi connectivity index (χ0v) is 11.7. The van der Waals surface area contributed by atoms with Crippen molar-refractivity contribution in [1.29, 1.82) is 0 Å². The molecule has 1 amide bonds. The smallest absolute Gasteiger partial charge is 0.222 e. The first-order valence-corrected chi connectivity index (χ1v) is 7.18. The van der Waals surface area contributed by atoms with Crippen molar-refractivity contribution in [2.45, 2.75) is 58.9 Å². The van der Waals surface area contributed by atoms with E-state index in [1.54, 1.807) is 0 Å². The van der Waals surface area contributed by atoms with Crippen LogP contribution in [-0.2, 0) is 4.79 Å². The molecule has 1 fully saturated rings. The molecule has 1 saturated heterocycles. The van der Waals surface area contributed by atoms with Gasteiger partial charge in [-0.15, -0.1) is 0 Å². The second-order valence-corrected chi connectivity index (χ2v) is 5.30. The summed E-state index contributed by atoms with van der Waals surface area (Å²) in [4.78, 5) is 14.0. The Morgan fingerprint density at radius 1 is 1.41 bits per heavy atom. The molecule has 1 rings (SSSR count). The van der Waals surface area contributed by atoms with Crippen molar-refractivity contribution in [3.05, 3.63) is 0 Å². The third-order valence-electron chi connectivity index (χ3n) is 3.74. The number of carbonyl (C=O) groups excluding carboxylic acids is 1. The van der Waals surface area contributed by atoms with E-state index in [0.717, 1.165) is 44.8 Å². The topological polar surface area (TPSA) is 32.3 Å². The fourth-order valence-electron chi connectivity index (χ4n) is 2.48. The molecule has 0 bridgehead atoms. The van der Waals surface area contributed by atoms with Gasteiger partial charge in [0.25, 0.3) is 0 Å². The van der Waals surface area contributed by atoms with Crippen molar-refractivity contribution in [3.8, 4) is 0 Å². The van der Waals surface area contributed by atoms with Crippen LogP contribution in [0.4, 0.5) is 0 Å². The average molecular weight is 240 g/mol. The van der Waals surface area contributed by atoms with Crippen molar-refractivity contribution in [2.75, 3.05) is 19.6 Å². The van der Waals surface area contributed by atoms with Gasteiger partial charge in [0.2, 0.25) is 5.91 Å². The van der Waals surface area contributed by atoms with Crippen LogP contribution in [0, 0.1) is 5.92 Å². The number of hydrogen-bond acceptors (Lipinski definition) is 2. The number of nitrogens with one attached hydrogen (secondary N) is 1. The third-order valence-corrected chi connectivity index (χ3v) is 3.74. The lowest BCUT2D eigenvalue weighted by Crippen LogP contribution is -2.42. The molecule has 2 unspecified atom stereocenters. The molecule has 3 heteroatoms. The van der Waals surface area contributed by atoms with E-state index in [1.165, 1.54) is 12.8 Å². The lowest BCUT2D eigenvalue weighted by molar-refractivity contribution is -0.131. The van der Waals surface area contributed by atoms with E-state index in [0.29, 0.717) is 11.9 Å². The summed E-state index contributed by atoms with van der Waals surface area (Å²) in [6, 6.07) is 0.414. The first-order chi connectivity index (χ1) is 8.17. The fourth-order valence-corrected chi connectivity index (χ4v) is 2.48. The van der Waals surface area contributed by atoms with Gasteiger partial charge < -0.3 is 10.2 Å². The van der Waals surface area contributed by atoms with Gasteiger partial charge in [0.05, 0.1) is 0 Å². The molecule has 1 heterocycles. The highest BCUT2D eigenvalue weighted by Crippen LogP contribution is 2.20. The van der Waals surface area contributed by atoms with E-state index >= 15 is 0 Å². The molecule has 0 aromatic heterocycles. The van der Waals surface area contributed by atoms with Gasteiger partial charge in [-0.05, 0) is 38.6 Å². The molecule has 0 spiro atoms. The fraction of sp³-hybridized carbons (Fsp3) is 0.929. The average Bonchev–Trinajstić information content (AvgIpc) is 2.50. The third kappa shape index (κ3) is 5.07. The van der Waals surface area contributed by atoms with Crippen LogP contribution >= 0.6 is 0 Å². The summed E-state index contributed by atoms with van der Waals surface area (Å²) in [5.41, 5.74) is 0. The zero-order chi connectivity index (χ0) is 12.7. The summed E-state index contributed by atoms with van der Waals surface area (Å²) in [7, 11) is 0. The van der Waals surface area contributed by atoms with Crippen LogP contribution in [0.3, 0.4) is 0 Å². The van der Waals surface area contributed by atoms with Crippen molar-refractivity contribution < 1.29 is 4.79 Å². The molecule has 1 aliphatic rings. The number of carbonyl (C=O) groups is 1. The molecule has 3 nitrogen and oxygen atoms in total. The normalized spacial score (nSPS) is 23.6. The molecule has 100 valence electrons. The number of amides is 1. The lowest BCUT2D eigenvalue weighted by Gasteiger charge is -2.25. The largest absolute Gasteiger partial charge is 0.341 e. The summed E-state index contributed by atoms with van der Waals surface area (Å²) >= 11 is 0. The highest BCUT2D eigenvalue weighted by atomic mass is 16.2. The molecular formula is C14H28N2O. The highest BCUT2D eigenvalue weighted by Gasteiger charge is 2.22. The highest BCUT2D eigenvalue weighted by molar-refractivity contribution is 5.76. The maximum absolute atomic E-state index is 12.0. The van der Waals surface area contributed by atoms with Gasteiger partial charge >= 0.3 is 0 Å². The van der Waals surface area contributed by atoms with E-state index in [4.69, 9.17) is 0 Å². The predicted octanol–water partition coefficient (Wildman–Crippen LogP) is 2.41. The Balaban J connectivity index is 2.38. The van der Waals surface area contributed by atoms with Crippen LogP contribution < -0.4 is 5.32 Å². The van der Waals surface area contributed by atoms with Crippen molar-refractivity contribution in [3.63, 3.8) is 0 Å².